The minimum atomic E-state index is -0.446. The van der Waals surface area contributed by atoms with Gasteiger partial charge in [-0.2, -0.15) is 0 Å². The van der Waals surface area contributed by atoms with Crippen molar-refractivity contribution in [2.75, 3.05) is 0 Å². The molecule has 1 aliphatic rings. The number of H-pyrrole nitrogens is 1. The summed E-state index contributed by atoms with van der Waals surface area (Å²) in [5, 5.41) is 11.7. The molecule has 1 saturated carbocycles. The second-order valence-corrected chi connectivity index (χ2v) is 9.45. The lowest BCUT2D eigenvalue weighted by molar-refractivity contribution is 0.379. The van der Waals surface area contributed by atoms with Crippen molar-refractivity contribution in [3.05, 3.63) is 105 Å². The Morgan fingerprint density at radius 1 is 1.15 bits per heavy atom. The lowest BCUT2D eigenvalue weighted by Gasteiger charge is -2.19. The van der Waals surface area contributed by atoms with E-state index in [0.717, 1.165) is 41.9 Å². The number of hydrogen-bond acceptors (Lipinski definition) is 4. The highest BCUT2D eigenvalue weighted by molar-refractivity contribution is 6.30. The van der Waals surface area contributed by atoms with Gasteiger partial charge in [0.2, 0.25) is 0 Å². The van der Waals surface area contributed by atoms with Gasteiger partial charge in [-0.15, -0.1) is 0 Å². The molecule has 2 atom stereocenters. The largest absolute Gasteiger partial charge is 0.507 e. The number of aromatic amines is 1. The van der Waals surface area contributed by atoms with E-state index in [1.165, 1.54) is 0 Å². The Morgan fingerprint density at radius 2 is 1.88 bits per heavy atom. The van der Waals surface area contributed by atoms with Crippen molar-refractivity contribution in [2.45, 2.75) is 44.4 Å². The summed E-state index contributed by atoms with van der Waals surface area (Å²) < 4.78 is 5.83. The van der Waals surface area contributed by atoms with Gasteiger partial charge in [0, 0.05) is 41.1 Å². The smallest absolute Gasteiger partial charge is 0.343 e. The molecule has 0 amide bonds. The van der Waals surface area contributed by atoms with Crippen LogP contribution in [-0.2, 0) is 6.42 Å². The first-order chi connectivity index (χ1) is 16.5. The zero-order chi connectivity index (χ0) is 23.7. The molecular formula is C28H27ClN2O3. The van der Waals surface area contributed by atoms with E-state index in [9.17, 15) is 9.90 Å². The minimum Gasteiger partial charge on any atom is -0.507 e. The molecule has 5 rings (SSSR count). The SMILES string of the molecule is CCC(Cc1c[nH]c(-c2ccc(Cl)cc2)n1)c1cc(O)c(C(c2ccccc2)C2CC2)c(=O)o1. The van der Waals surface area contributed by atoms with Crippen LogP contribution in [0.3, 0.4) is 0 Å². The molecule has 0 saturated heterocycles. The molecule has 2 aromatic heterocycles. The molecule has 0 spiro atoms. The summed E-state index contributed by atoms with van der Waals surface area (Å²) in [6.07, 6.45) is 5.31. The van der Waals surface area contributed by atoms with Crippen LogP contribution in [0.5, 0.6) is 5.75 Å². The van der Waals surface area contributed by atoms with Crippen LogP contribution in [-0.4, -0.2) is 15.1 Å². The molecule has 2 unspecified atom stereocenters. The molecule has 174 valence electrons. The summed E-state index contributed by atoms with van der Waals surface area (Å²) in [5.41, 5.74) is 2.78. The van der Waals surface area contributed by atoms with Gasteiger partial charge in [-0.25, -0.2) is 9.78 Å². The van der Waals surface area contributed by atoms with Crippen LogP contribution in [0, 0.1) is 5.92 Å². The van der Waals surface area contributed by atoms with Crippen LogP contribution < -0.4 is 5.63 Å². The van der Waals surface area contributed by atoms with E-state index in [1.807, 2.05) is 67.7 Å². The Bertz CT molecular complexity index is 1320. The second kappa shape index (κ2) is 9.51. The molecule has 0 radical (unpaired) electrons. The minimum absolute atomic E-state index is 0.0225. The fraction of sp³-hybridized carbons (Fsp3) is 0.286. The standard InChI is InChI=1S/C28H27ClN2O3/c1-2-17(14-22-16-30-27(31-22)20-10-12-21(29)13-11-20)24-15-23(32)26(28(33)34-24)25(19-8-9-19)18-6-4-3-5-7-18/h3-7,10-13,15-17,19,25,32H,2,8-9,14H2,1H3,(H,30,31). The number of aromatic hydroxyl groups is 1. The molecule has 2 heterocycles. The van der Waals surface area contributed by atoms with Crippen LogP contribution in [0.25, 0.3) is 11.4 Å². The Morgan fingerprint density at radius 3 is 2.53 bits per heavy atom. The van der Waals surface area contributed by atoms with Gasteiger partial charge in [-0.1, -0.05) is 48.9 Å². The first kappa shape index (κ1) is 22.5. The lowest BCUT2D eigenvalue weighted by atomic mass is 9.87. The Hall–Kier alpha value is -3.31. The normalized spacial score (nSPS) is 15.2. The van der Waals surface area contributed by atoms with E-state index in [1.54, 1.807) is 6.07 Å². The highest BCUT2D eigenvalue weighted by atomic mass is 35.5. The topological polar surface area (TPSA) is 79.1 Å². The Kier molecular flexibility index (Phi) is 6.29. The average Bonchev–Trinajstić information content (AvgIpc) is 3.57. The summed E-state index contributed by atoms with van der Waals surface area (Å²) in [6.45, 7) is 2.04. The van der Waals surface area contributed by atoms with Crippen molar-refractivity contribution < 1.29 is 9.52 Å². The maximum atomic E-state index is 13.1. The number of hydrogen-bond donors (Lipinski definition) is 2. The molecule has 2 N–H and O–H groups in total. The third-order valence-electron chi connectivity index (χ3n) is 6.65. The number of nitrogens with one attached hydrogen (secondary N) is 1. The van der Waals surface area contributed by atoms with Crippen molar-refractivity contribution in [1.29, 1.82) is 0 Å². The Balaban J connectivity index is 1.41. The number of nitrogens with zero attached hydrogens (tertiary/aromatic N) is 1. The fourth-order valence-corrected chi connectivity index (χ4v) is 4.81. The number of aromatic nitrogens is 2. The zero-order valence-electron chi connectivity index (χ0n) is 19.0. The molecule has 6 heteroatoms. The van der Waals surface area contributed by atoms with Gasteiger partial charge in [0.25, 0.3) is 0 Å². The van der Waals surface area contributed by atoms with Crippen LogP contribution in [0.1, 0.15) is 60.6 Å². The second-order valence-electron chi connectivity index (χ2n) is 9.02. The third kappa shape index (κ3) is 4.66. The quantitative estimate of drug-likeness (QED) is 0.299. The maximum absolute atomic E-state index is 13.1. The molecule has 0 bridgehead atoms. The van der Waals surface area contributed by atoms with Crippen molar-refractivity contribution >= 4 is 11.6 Å². The number of imidazole rings is 1. The number of halogens is 1. The van der Waals surface area contributed by atoms with Crippen molar-refractivity contribution in [3.8, 4) is 17.1 Å². The number of rotatable bonds is 8. The van der Waals surface area contributed by atoms with Gasteiger partial charge >= 0.3 is 5.63 Å². The molecular weight excluding hydrogens is 448 g/mol. The van der Waals surface area contributed by atoms with Crippen molar-refractivity contribution in [2.24, 2.45) is 5.92 Å². The monoisotopic (exact) mass is 474 g/mol. The molecule has 4 aromatic rings. The third-order valence-corrected chi connectivity index (χ3v) is 6.90. The summed E-state index contributed by atoms with van der Waals surface area (Å²) in [7, 11) is 0. The highest BCUT2D eigenvalue weighted by Gasteiger charge is 2.37. The van der Waals surface area contributed by atoms with Crippen LogP contribution >= 0.6 is 11.6 Å². The van der Waals surface area contributed by atoms with E-state index in [-0.39, 0.29) is 17.6 Å². The fourth-order valence-electron chi connectivity index (χ4n) is 4.68. The number of benzene rings is 2. The summed E-state index contributed by atoms with van der Waals surface area (Å²) in [4.78, 5) is 21.1. The summed E-state index contributed by atoms with van der Waals surface area (Å²) in [5.74, 6) is 1.42. The van der Waals surface area contributed by atoms with Gasteiger partial charge in [-0.05, 0) is 55.0 Å². The predicted octanol–water partition coefficient (Wildman–Crippen LogP) is 6.67. The van der Waals surface area contributed by atoms with E-state index < -0.39 is 5.63 Å². The molecule has 1 aliphatic carbocycles. The average molecular weight is 475 g/mol. The van der Waals surface area contributed by atoms with E-state index in [2.05, 4.69) is 4.98 Å². The first-order valence-electron chi connectivity index (χ1n) is 11.8. The van der Waals surface area contributed by atoms with Crippen LogP contribution in [0.4, 0.5) is 0 Å². The molecule has 1 fully saturated rings. The first-order valence-corrected chi connectivity index (χ1v) is 12.1. The van der Waals surface area contributed by atoms with E-state index in [0.29, 0.717) is 28.7 Å². The molecule has 0 aliphatic heterocycles. The Labute approximate surface area is 203 Å². The van der Waals surface area contributed by atoms with E-state index >= 15 is 0 Å². The van der Waals surface area contributed by atoms with Crippen LogP contribution in [0.2, 0.25) is 5.02 Å². The molecule has 5 nitrogen and oxygen atoms in total. The van der Waals surface area contributed by atoms with Gasteiger partial charge in [-0.3, -0.25) is 0 Å². The van der Waals surface area contributed by atoms with Crippen molar-refractivity contribution in [1.82, 2.24) is 9.97 Å². The molecule has 2 aromatic carbocycles. The summed E-state index contributed by atoms with van der Waals surface area (Å²) >= 11 is 5.98. The van der Waals surface area contributed by atoms with Gasteiger partial charge in [0.05, 0.1) is 11.3 Å². The zero-order valence-corrected chi connectivity index (χ0v) is 19.8. The lowest BCUT2D eigenvalue weighted by Crippen LogP contribution is -2.17. The van der Waals surface area contributed by atoms with Gasteiger partial charge in [0.15, 0.2) is 0 Å². The van der Waals surface area contributed by atoms with E-state index in [4.69, 9.17) is 21.0 Å². The van der Waals surface area contributed by atoms with Crippen LogP contribution in [0.15, 0.2) is 76.1 Å². The highest BCUT2D eigenvalue weighted by Crippen LogP contribution is 2.47. The van der Waals surface area contributed by atoms with Gasteiger partial charge in [0.1, 0.15) is 17.3 Å². The summed E-state index contributed by atoms with van der Waals surface area (Å²) in [6, 6.07) is 19.0. The van der Waals surface area contributed by atoms with Crippen molar-refractivity contribution in [3.63, 3.8) is 0 Å². The predicted molar refractivity (Wildman–Crippen MR) is 133 cm³/mol. The molecule has 34 heavy (non-hydrogen) atoms. The maximum Gasteiger partial charge on any atom is 0.343 e. The van der Waals surface area contributed by atoms with Gasteiger partial charge < -0.3 is 14.5 Å².